The summed E-state index contributed by atoms with van der Waals surface area (Å²) in [4.78, 5) is 9.49. The fraction of sp³-hybridized carbons (Fsp3) is 0.500. The molecule has 0 aliphatic carbocycles. The predicted octanol–water partition coefficient (Wildman–Crippen LogP) is 2.23. The van der Waals surface area contributed by atoms with Crippen LogP contribution in [0.25, 0.3) is 10.9 Å². The van der Waals surface area contributed by atoms with Gasteiger partial charge in [-0.15, -0.1) is 0 Å². The van der Waals surface area contributed by atoms with Gasteiger partial charge in [0.15, 0.2) is 0 Å². The van der Waals surface area contributed by atoms with Gasteiger partial charge in [0.2, 0.25) is 0 Å². The average molecular weight is 346 g/mol. The molecule has 2 aromatic rings. The third-order valence-corrected chi connectivity index (χ3v) is 5.33. The van der Waals surface area contributed by atoms with Crippen molar-refractivity contribution in [2.75, 3.05) is 49.1 Å². The van der Waals surface area contributed by atoms with E-state index in [1.807, 2.05) is 0 Å². The van der Waals surface area contributed by atoms with Gasteiger partial charge in [-0.3, -0.25) is 0 Å². The van der Waals surface area contributed by atoms with Crippen molar-refractivity contribution in [1.82, 2.24) is 10.3 Å². The Kier molecular flexibility index (Phi) is 4.48. The van der Waals surface area contributed by atoms with Crippen LogP contribution in [0.2, 0.25) is 5.02 Å². The minimum atomic E-state index is 0.347. The number of aromatic nitrogens is 1. The van der Waals surface area contributed by atoms with Crippen molar-refractivity contribution in [2.45, 2.75) is 18.9 Å². The fourth-order valence-electron chi connectivity index (χ4n) is 3.58. The maximum atomic E-state index is 6.54. The van der Waals surface area contributed by atoms with Gasteiger partial charge in [-0.25, -0.2) is 4.98 Å². The summed E-state index contributed by atoms with van der Waals surface area (Å²) in [6, 6.07) is 8.88. The monoisotopic (exact) mass is 345 g/mol. The summed E-state index contributed by atoms with van der Waals surface area (Å²) in [5, 5.41) is 5.20. The number of rotatable bonds is 2. The summed E-state index contributed by atoms with van der Waals surface area (Å²) in [5.41, 5.74) is 8.25. The fourth-order valence-corrected chi connectivity index (χ4v) is 3.86. The van der Waals surface area contributed by atoms with Crippen LogP contribution in [0.4, 0.5) is 11.5 Å². The molecule has 2 saturated heterocycles. The van der Waals surface area contributed by atoms with Crippen LogP contribution in [-0.4, -0.2) is 50.3 Å². The molecule has 0 radical (unpaired) electrons. The number of piperazine rings is 1. The minimum absolute atomic E-state index is 0.347. The number of benzene rings is 1. The zero-order valence-corrected chi connectivity index (χ0v) is 14.6. The Morgan fingerprint density at radius 2 is 1.79 bits per heavy atom. The van der Waals surface area contributed by atoms with Gasteiger partial charge in [0.25, 0.3) is 0 Å². The molecule has 2 aliphatic rings. The highest BCUT2D eigenvalue weighted by Crippen LogP contribution is 2.31. The summed E-state index contributed by atoms with van der Waals surface area (Å²) in [7, 11) is 0. The van der Waals surface area contributed by atoms with E-state index < -0.39 is 0 Å². The van der Waals surface area contributed by atoms with Crippen molar-refractivity contribution in [3.8, 4) is 0 Å². The van der Waals surface area contributed by atoms with Crippen molar-refractivity contribution in [2.24, 2.45) is 5.73 Å². The summed E-state index contributed by atoms with van der Waals surface area (Å²) in [5.74, 6) is 0.905. The number of fused-ring (bicyclic) bond motifs is 1. The molecule has 0 saturated carbocycles. The predicted molar refractivity (Wildman–Crippen MR) is 101 cm³/mol. The van der Waals surface area contributed by atoms with E-state index in [0.29, 0.717) is 6.04 Å². The first-order chi connectivity index (χ1) is 11.7. The third-order valence-electron chi connectivity index (χ3n) is 5.05. The van der Waals surface area contributed by atoms with Gasteiger partial charge in [0.05, 0.1) is 10.5 Å². The molecule has 0 amide bonds. The second-order valence-electron chi connectivity index (χ2n) is 6.73. The highest BCUT2D eigenvalue weighted by molar-refractivity contribution is 6.33. The number of pyridine rings is 1. The Morgan fingerprint density at radius 1 is 1.04 bits per heavy atom. The molecule has 0 spiro atoms. The molecule has 0 atom stereocenters. The van der Waals surface area contributed by atoms with E-state index in [2.05, 4.69) is 39.4 Å². The first-order valence-corrected chi connectivity index (χ1v) is 9.15. The lowest BCUT2D eigenvalue weighted by Crippen LogP contribution is -2.44. The first-order valence-electron chi connectivity index (χ1n) is 8.77. The molecular weight excluding hydrogens is 322 g/mol. The lowest BCUT2D eigenvalue weighted by Gasteiger charge is -2.32. The molecule has 3 heterocycles. The zero-order chi connectivity index (χ0) is 16.5. The highest BCUT2D eigenvalue weighted by Gasteiger charge is 2.18. The van der Waals surface area contributed by atoms with Gasteiger partial charge in [-0.2, -0.15) is 0 Å². The van der Waals surface area contributed by atoms with Crippen LogP contribution in [0.5, 0.6) is 0 Å². The highest BCUT2D eigenvalue weighted by atomic mass is 35.5. The van der Waals surface area contributed by atoms with Crippen molar-refractivity contribution in [3.63, 3.8) is 0 Å². The number of hydrogen-bond donors (Lipinski definition) is 2. The molecule has 2 aliphatic heterocycles. The number of halogens is 1. The minimum Gasteiger partial charge on any atom is -0.371 e. The first kappa shape index (κ1) is 15.9. The van der Waals surface area contributed by atoms with Gasteiger partial charge in [0.1, 0.15) is 5.82 Å². The van der Waals surface area contributed by atoms with Crippen LogP contribution in [0.1, 0.15) is 12.8 Å². The van der Waals surface area contributed by atoms with Gasteiger partial charge in [-0.05, 0) is 37.1 Å². The van der Waals surface area contributed by atoms with Crippen molar-refractivity contribution in [1.29, 1.82) is 0 Å². The van der Waals surface area contributed by atoms with Crippen molar-refractivity contribution < 1.29 is 0 Å². The standard InChI is InChI=1S/C18H24ClN5/c19-16-12-13-11-15(23-7-3-14(20)4-8-23)1-2-17(13)22-18(16)24-9-5-21-6-10-24/h1-2,11-12,14,21H,3-10,20H2. The van der Waals surface area contributed by atoms with E-state index in [1.165, 1.54) is 5.69 Å². The van der Waals surface area contributed by atoms with Crippen LogP contribution >= 0.6 is 11.6 Å². The number of piperidine rings is 1. The third kappa shape index (κ3) is 3.16. The molecule has 1 aromatic carbocycles. The molecule has 4 rings (SSSR count). The van der Waals surface area contributed by atoms with E-state index in [1.54, 1.807) is 0 Å². The van der Waals surface area contributed by atoms with E-state index in [4.69, 9.17) is 22.3 Å². The number of nitrogens with one attached hydrogen (secondary N) is 1. The summed E-state index contributed by atoms with van der Waals surface area (Å²) in [6.45, 7) is 5.90. The Bertz CT molecular complexity index is 721. The molecule has 3 N–H and O–H groups in total. The van der Waals surface area contributed by atoms with Crippen LogP contribution in [0, 0.1) is 0 Å². The molecular formula is C18H24ClN5. The molecule has 6 heteroatoms. The molecule has 0 unspecified atom stereocenters. The average Bonchev–Trinajstić information content (AvgIpc) is 2.62. The summed E-state index contributed by atoms with van der Waals surface area (Å²) in [6.07, 6.45) is 2.11. The summed E-state index contributed by atoms with van der Waals surface area (Å²) < 4.78 is 0. The molecule has 1 aromatic heterocycles. The lowest BCUT2D eigenvalue weighted by atomic mass is 10.0. The van der Waals surface area contributed by atoms with Crippen LogP contribution < -0.4 is 20.9 Å². The number of nitrogens with zero attached hydrogens (tertiary/aromatic N) is 3. The van der Waals surface area contributed by atoms with E-state index in [9.17, 15) is 0 Å². The second kappa shape index (κ2) is 6.75. The van der Waals surface area contributed by atoms with Gasteiger partial charge in [0, 0.05) is 56.4 Å². The number of nitrogens with two attached hydrogens (primary N) is 1. The van der Waals surface area contributed by atoms with Crippen molar-refractivity contribution in [3.05, 3.63) is 29.3 Å². The normalized spacial score (nSPS) is 19.9. The van der Waals surface area contributed by atoms with Gasteiger partial charge in [-0.1, -0.05) is 11.6 Å². The van der Waals surface area contributed by atoms with Crippen LogP contribution in [-0.2, 0) is 0 Å². The SMILES string of the molecule is NC1CCN(c2ccc3nc(N4CCNCC4)c(Cl)cc3c2)CC1. The largest absolute Gasteiger partial charge is 0.371 e. The van der Waals surface area contributed by atoms with E-state index in [0.717, 1.165) is 73.9 Å². The maximum Gasteiger partial charge on any atom is 0.148 e. The van der Waals surface area contributed by atoms with E-state index in [-0.39, 0.29) is 0 Å². The van der Waals surface area contributed by atoms with Crippen LogP contribution in [0.3, 0.4) is 0 Å². The maximum absolute atomic E-state index is 6.54. The van der Waals surface area contributed by atoms with Crippen LogP contribution in [0.15, 0.2) is 24.3 Å². The molecule has 128 valence electrons. The number of anilines is 2. The van der Waals surface area contributed by atoms with E-state index >= 15 is 0 Å². The smallest absolute Gasteiger partial charge is 0.148 e. The van der Waals surface area contributed by atoms with Gasteiger partial charge >= 0.3 is 0 Å². The molecule has 5 nitrogen and oxygen atoms in total. The Labute approximate surface area is 147 Å². The number of hydrogen-bond acceptors (Lipinski definition) is 5. The quantitative estimate of drug-likeness (QED) is 0.874. The second-order valence-corrected chi connectivity index (χ2v) is 7.14. The summed E-state index contributed by atoms with van der Waals surface area (Å²) >= 11 is 6.54. The molecule has 24 heavy (non-hydrogen) atoms. The molecule has 0 bridgehead atoms. The Morgan fingerprint density at radius 3 is 2.54 bits per heavy atom. The zero-order valence-electron chi connectivity index (χ0n) is 13.8. The lowest BCUT2D eigenvalue weighted by molar-refractivity contribution is 0.501. The molecule has 2 fully saturated rings. The topological polar surface area (TPSA) is 57.4 Å². The Balaban J connectivity index is 1.63. The van der Waals surface area contributed by atoms with Crippen molar-refractivity contribution >= 4 is 34.0 Å². The Hall–Kier alpha value is -1.56. The van der Waals surface area contributed by atoms with Gasteiger partial charge < -0.3 is 20.9 Å².